The van der Waals surface area contributed by atoms with Crippen molar-refractivity contribution < 1.29 is 13.9 Å². The van der Waals surface area contributed by atoms with Gasteiger partial charge in [-0.15, -0.1) is 0 Å². The van der Waals surface area contributed by atoms with Crippen LogP contribution in [0.15, 0.2) is 24.3 Å². The number of carbonyl (C=O) groups excluding carboxylic acids is 1. The van der Waals surface area contributed by atoms with Gasteiger partial charge in [-0.2, -0.15) is 5.10 Å². The van der Waals surface area contributed by atoms with Gasteiger partial charge >= 0.3 is 0 Å². The van der Waals surface area contributed by atoms with E-state index < -0.39 is 0 Å². The first-order valence-electron chi connectivity index (χ1n) is 7.25. The van der Waals surface area contributed by atoms with Crippen LogP contribution in [0.3, 0.4) is 0 Å². The summed E-state index contributed by atoms with van der Waals surface area (Å²) in [5.74, 6) is 1.18. The van der Waals surface area contributed by atoms with Crippen molar-refractivity contribution in [3.05, 3.63) is 47.3 Å². The van der Waals surface area contributed by atoms with Gasteiger partial charge in [0, 0.05) is 31.1 Å². The number of nitrogens with one attached hydrogen (secondary N) is 2. The summed E-state index contributed by atoms with van der Waals surface area (Å²) >= 11 is 0. The SMILES string of the molecule is O=C(NCCc1nc([C@@H]2CCOC2)n[nH]1)c1ccc(F)cc1. The van der Waals surface area contributed by atoms with Crippen LogP contribution < -0.4 is 5.32 Å². The summed E-state index contributed by atoms with van der Waals surface area (Å²) in [7, 11) is 0. The van der Waals surface area contributed by atoms with Crippen molar-refractivity contribution in [3.63, 3.8) is 0 Å². The fourth-order valence-electron chi connectivity index (χ4n) is 2.34. The van der Waals surface area contributed by atoms with Crippen molar-refractivity contribution in [1.82, 2.24) is 20.5 Å². The third-order valence-electron chi connectivity index (χ3n) is 3.60. The molecule has 0 bridgehead atoms. The number of hydrogen-bond acceptors (Lipinski definition) is 4. The number of rotatable bonds is 5. The summed E-state index contributed by atoms with van der Waals surface area (Å²) in [6, 6.07) is 5.44. The van der Waals surface area contributed by atoms with Crippen LogP contribution in [0.1, 0.15) is 34.3 Å². The normalized spacial score (nSPS) is 17.6. The zero-order chi connectivity index (χ0) is 15.4. The number of H-pyrrole nitrogens is 1. The van der Waals surface area contributed by atoms with Crippen molar-refractivity contribution in [2.45, 2.75) is 18.8 Å². The molecule has 1 aliphatic heterocycles. The molecule has 1 aromatic heterocycles. The highest BCUT2D eigenvalue weighted by Crippen LogP contribution is 2.21. The van der Waals surface area contributed by atoms with Gasteiger partial charge in [0.1, 0.15) is 11.6 Å². The van der Waals surface area contributed by atoms with E-state index in [0.717, 1.165) is 24.7 Å². The van der Waals surface area contributed by atoms with Gasteiger partial charge in [-0.1, -0.05) is 0 Å². The molecule has 0 radical (unpaired) electrons. The quantitative estimate of drug-likeness (QED) is 0.875. The average molecular weight is 304 g/mol. The van der Waals surface area contributed by atoms with Gasteiger partial charge in [0.25, 0.3) is 5.91 Å². The van der Waals surface area contributed by atoms with Gasteiger partial charge in [-0.25, -0.2) is 9.37 Å². The van der Waals surface area contributed by atoms with Gasteiger partial charge in [0.15, 0.2) is 5.82 Å². The van der Waals surface area contributed by atoms with Crippen molar-refractivity contribution in [1.29, 1.82) is 0 Å². The highest BCUT2D eigenvalue weighted by atomic mass is 19.1. The van der Waals surface area contributed by atoms with Crippen LogP contribution in [0, 0.1) is 5.82 Å². The second-order valence-corrected chi connectivity index (χ2v) is 5.21. The number of nitrogens with zero attached hydrogens (tertiary/aromatic N) is 2. The Morgan fingerprint density at radius 3 is 2.95 bits per heavy atom. The molecule has 2 heterocycles. The Kier molecular flexibility index (Phi) is 4.43. The number of hydrogen-bond donors (Lipinski definition) is 2. The van der Waals surface area contributed by atoms with Crippen molar-refractivity contribution >= 4 is 5.91 Å². The maximum absolute atomic E-state index is 12.8. The molecule has 0 unspecified atom stereocenters. The summed E-state index contributed by atoms with van der Waals surface area (Å²) in [5, 5.41) is 9.85. The summed E-state index contributed by atoms with van der Waals surface area (Å²) in [6.45, 7) is 1.85. The lowest BCUT2D eigenvalue weighted by Gasteiger charge is -2.03. The summed E-state index contributed by atoms with van der Waals surface area (Å²) in [6.07, 6.45) is 1.51. The molecule has 0 saturated carbocycles. The van der Waals surface area contributed by atoms with Crippen molar-refractivity contribution in [2.24, 2.45) is 0 Å². The smallest absolute Gasteiger partial charge is 0.251 e. The number of ether oxygens (including phenoxy) is 1. The first-order valence-corrected chi connectivity index (χ1v) is 7.25. The molecule has 116 valence electrons. The Balaban J connectivity index is 1.48. The van der Waals surface area contributed by atoms with E-state index in [2.05, 4.69) is 20.5 Å². The largest absolute Gasteiger partial charge is 0.381 e. The Bertz CT molecular complexity index is 635. The van der Waals surface area contributed by atoms with E-state index in [1.807, 2.05) is 0 Å². The molecule has 0 aliphatic carbocycles. The third-order valence-corrected chi connectivity index (χ3v) is 3.60. The lowest BCUT2D eigenvalue weighted by Crippen LogP contribution is -2.25. The molecule has 22 heavy (non-hydrogen) atoms. The van der Waals surface area contributed by atoms with Crippen LogP contribution in [0.2, 0.25) is 0 Å². The van der Waals surface area contributed by atoms with Crippen LogP contribution in [-0.2, 0) is 11.2 Å². The van der Waals surface area contributed by atoms with E-state index in [1.165, 1.54) is 24.3 Å². The predicted molar refractivity (Wildman–Crippen MR) is 77.0 cm³/mol. The highest BCUT2D eigenvalue weighted by Gasteiger charge is 2.21. The first kappa shape index (κ1) is 14.6. The number of aromatic amines is 1. The van der Waals surface area contributed by atoms with E-state index in [4.69, 9.17) is 4.74 Å². The molecule has 7 heteroatoms. The lowest BCUT2D eigenvalue weighted by atomic mass is 10.1. The van der Waals surface area contributed by atoms with Gasteiger partial charge in [0.05, 0.1) is 6.61 Å². The minimum absolute atomic E-state index is 0.232. The zero-order valence-corrected chi connectivity index (χ0v) is 12.0. The number of aromatic nitrogens is 3. The molecule has 3 rings (SSSR count). The van der Waals surface area contributed by atoms with Crippen LogP contribution in [0.25, 0.3) is 0 Å². The van der Waals surface area contributed by atoms with Gasteiger partial charge in [-0.3, -0.25) is 9.89 Å². The molecule has 1 fully saturated rings. The van der Waals surface area contributed by atoms with Crippen molar-refractivity contribution in [2.75, 3.05) is 19.8 Å². The molecule has 2 aromatic rings. The minimum atomic E-state index is -0.360. The Labute approximate surface area is 127 Å². The number of benzene rings is 1. The predicted octanol–water partition coefficient (Wildman–Crippen LogP) is 1.42. The summed E-state index contributed by atoms with van der Waals surface area (Å²) in [4.78, 5) is 16.3. The molecule has 1 aliphatic rings. The molecule has 1 atom stereocenters. The topological polar surface area (TPSA) is 79.9 Å². The Hall–Kier alpha value is -2.28. The molecular weight excluding hydrogens is 287 g/mol. The number of amides is 1. The van der Waals surface area contributed by atoms with Gasteiger partial charge < -0.3 is 10.1 Å². The van der Waals surface area contributed by atoms with Crippen LogP contribution in [-0.4, -0.2) is 40.8 Å². The Morgan fingerprint density at radius 1 is 1.41 bits per heavy atom. The molecule has 1 saturated heterocycles. The molecular formula is C15H17FN4O2. The van der Waals surface area contributed by atoms with E-state index in [1.54, 1.807) is 0 Å². The van der Waals surface area contributed by atoms with Crippen LogP contribution >= 0.6 is 0 Å². The molecule has 0 spiro atoms. The summed E-state index contributed by atoms with van der Waals surface area (Å²) < 4.78 is 18.1. The maximum atomic E-state index is 12.8. The van der Waals surface area contributed by atoms with E-state index in [9.17, 15) is 9.18 Å². The van der Waals surface area contributed by atoms with E-state index >= 15 is 0 Å². The van der Waals surface area contributed by atoms with Crippen molar-refractivity contribution in [3.8, 4) is 0 Å². The third kappa shape index (κ3) is 3.48. The second kappa shape index (κ2) is 6.65. The molecule has 1 aromatic carbocycles. The number of halogens is 1. The molecule has 2 N–H and O–H groups in total. The number of carbonyl (C=O) groups is 1. The average Bonchev–Trinajstić information content (AvgIpc) is 3.19. The monoisotopic (exact) mass is 304 g/mol. The highest BCUT2D eigenvalue weighted by molar-refractivity contribution is 5.94. The van der Waals surface area contributed by atoms with Crippen LogP contribution in [0.5, 0.6) is 0 Å². The molecule has 1 amide bonds. The fraction of sp³-hybridized carbons (Fsp3) is 0.400. The second-order valence-electron chi connectivity index (χ2n) is 5.21. The summed E-state index contributed by atoms with van der Waals surface area (Å²) in [5.41, 5.74) is 0.433. The first-order chi connectivity index (χ1) is 10.7. The van der Waals surface area contributed by atoms with Crippen LogP contribution in [0.4, 0.5) is 4.39 Å². The standard InChI is InChI=1S/C15H17FN4O2/c16-12-3-1-10(2-4-12)15(21)17-7-5-13-18-14(20-19-13)11-6-8-22-9-11/h1-4,11H,5-9H2,(H,17,21)(H,18,19,20)/t11-/m1/s1. The van der Waals surface area contributed by atoms with Gasteiger partial charge in [-0.05, 0) is 30.7 Å². The lowest BCUT2D eigenvalue weighted by molar-refractivity contribution is 0.0954. The minimum Gasteiger partial charge on any atom is -0.381 e. The Morgan fingerprint density at radius 2 is 2.23 bits per heavy atom. The van der Waals surface area contributed by atoms with E-state index in [0.29, 0.717) is 25.1 Å². The molecule has 6 nitrogen and oxygen atoms in total. The zero-order valence-electron chi connectivity index (χ0n) is 12.0. The fourth-order valence-corrected chi connectivity index (χ4v) is 2.34. The van der Waals surface area contributed by atoms with E-state index in [-0.39, 0.29) is 17.6 Å². The van der Waals surface area contributed by atoms with Gasteiger partial charge in [0.2, 0.25) is 0 Å². The maximum Gasteiger partial charge on any atom is 0.251 e.